The van der Waals surface area contributed by atoms with Gasteiger partial charge >= 0.3 is 0 Å². The van der Waals surface area contributed by atoms with Crippen LogP contribution in [0.5, 0.6) is 0 Å². The van der Waals surface area contributed by atoms with Crippen LogP contribution in [0.4, 0.5) is 0 Å². The molecule has 16 heavy (non-hydrogen) atoms. The normalized spacial score (nSPS) is 14.8. The molecule has 1 aliphatic rings. The lowest BCUT2D eigenvalue weighted by molar-refractivity contribution is -0.132. The molecular weight excluding hydrogens is 204 g/mol. The molecule has 1 aliphatic carbocycles. The van der Waals surface area contributed by atoms with Gasteiger partial charge in [-0.2, -0.15) is 0 Å². The minimum atomic E-state index is 0.137. The molecule has 0 atom stereocenters. The van der Waals surface area contributed by atoms with E-state index in [1.807, 2.05) is 11.8 Å². The Morgan fingerprint density at radius 3 is 2.88 bits per heavy atom. The first kappa shape index (κ1) is 10.9. The number of rotatable bonds is 5. The van der Waals surface area contributed by atoms with Crippen LogP contribution >= 0.6 is 0 Å². The molecule has 4 nitrogen and oxygen atoms in total. The Morgan fingerprint density at radius 1 is 1.62 bits per heavy atom. The molecular formula is C12H16N2O2. The van der Waals surface area contributed by atoms with Crippen LogP contribution in [0.1, 0.15) is 30.1 Å². The summed E-state index contributed by atoms with van der Waals surface area (Å²) >= 11 is 0. The van der Waals surface area contributed by atoms with E-state index in [-0.39, 0.29) is 5.91 Å². The fourth-order valence-corrected chi connectivity index (χ4v) is 1.90. The van der Waals surface area contributed by atoms with E-state index in [4.69, 9.17) is 0 Å². The molecule has 0 N–H and O–H groups in total. The molecule has 1 aromatic rings. The zero-order valence-corrected chi connectivity index (χ0v) is 9.43. The smallest absolute Gasteiger partial charge is 0.242 e. The number of carbonyl (C=O) groups excluding carboxylic acids is 2. The van der Waals surface area contributed by atoms with Gasteiger partial charge in [0.05, 0.1) is 0 Å². The van der Waals surface area contributed by atoms with E-state index >= 15 is 0 Å². The Kier molecular flexibility index (Phi) is 3.08. The second-order valence-electron chi connectivity index (χ2n) is 4.15. The molecule has 86 valence electrons. The highest BCUT2D eigenvalue weighted by atomic mass is 16.2. The Balaban J connectivity index is 1.97. The van der Waals surface area contributed by atoms with Crippen molar-refractivity contribution in [2.45, 2.75) is 32.4 Å². The van der Waals surface area contributed by atoms with Crippen LogP contribution in [0.25, 0.3) is 0 Å². The van der Waals surface area contributed by atoms with Crippen LogP contribution < -0.4 is 0 Å². The molecule has 0 unspecified atom stereocenters. The molecule has 1 saturated carbocycles. The summed E-state index contributed by atoms with van der Waals surface area (Å²) in [5, 5.41) is 0. The van der Waals surface area contributed by atoms with Crippen LogP contribution in [-0.4, -0.2) is 34.2 Å². The van der Waals surface area contributed by atoms with Gasteiger partial charge in [-0.25, -0.2) is 0 Å². The van der Waals surface area contributed by atoms with E-state index in [0.717, 1.165) is 25.7 Å². The fraction of sp³-hybridized carbons (Fsp3) is 0.500. The van der Waals surface area contributed by atoms with Crippen LogP contribution in [-0.2, 0) is 11.3 Å². The lowest BCUT2D eigenvalue weighted by atomic mass is 10.4. The predicted octanol–water partition coefficient (Wildman–Crippen LogP) is 1.31. The highest BCUT2D eigenvalue weighted by Gasteiger charge is 2.31. The Morgan fingerprint density at radius 2 is 2.38 bits per heavy atom. The fourth-order valence-electron chi connectivity index (χ4n) is 1.90. The highest BCUT2D eigenvalue weighted by Crippen LogP contribution is 2.26. The minimum absolute atomic E-state index is 0.137. The molecule has 4 heteroatoms. The molecule has 1 fully saturated rings. The summed E-state index contributed by atoms with van der Waals surface area (Å²) in [5.74, 6) is 0.137. The van der Waals surface area contributed by atoms with Crippen molar-refractivity contribution in [1.82, 2.24) is 9.47 Å². The first-order valence-electron chi connectivity index (χ1n) is 5.65. The number of carbonyl (C=O) groups is 2. The Bertz CT molecular complexity index is 393. The summed E-state index contributed by atoms with van der Waals surface area (Å²) in [5.41, 5.74) is 0.613. The third-order valence-corrected chi connectivity index (χ3v) is 2.88. The van der Waals surface area contributed by atoms with Crippen molar-refractivity contribution in [2.24, 2.45) is 0 Å². The Labute approximate surface area is 94.8 Å². The van der Waals surface area contributed by atoms with E-state index in [1.54, 1.807) is 23.0 Å². The zero-order chi connectivity index (χ0) is 11.5. The maximum Gasteiger partial charge on any atom is 0.242 e. The van der Waals surface area contributed by atoms with Crippen molar-refractivity contribution >= 4 is 12.2 Å². The molecule has 0 spiro atoms. The second kappa shape index (κ2) is 4.51. The summed E-state index contributed by atoms with van der Waals surface area (Å²) in [7, 11) is 0. The predicted molar refractivity (Wildman–Crippen MR) is 60.2 cm³/mol. The largest absolute Gasteiger partial charge is 0.344 e. The van der Waals surface area contributed by atoms with Crippen LogP contribution in [0.15, 0.2) is 18.5 Å². The van der Waals surface area contributed by atoms with Gasteiger partial charge in [0.15, 0.2) is 6.29 Å². The lowest BCUT2D eigenvalue weighted by Crippen LogP contribution is -2.35. The molecule has 1 aromatic heterocycles. The second-order valence-corrected chi connectivity index (χ2v) is 4.15. The van der Waals surface area contributed by atoms with Crippen molar-refractivity contribution in [3.05, 3.63) is 24.0 Å². The first-order valence-corrected chi connectivity index (χ1v) is 5.65. The van der Waals surface area contributed by atoms with Crippen molar-refractivity contribution < 1.29 is 9.59 Å². The van der Waals surface area contributed by atoms with Crippen molar-refractivity contribution in [2.75, 3.05) is 6.54 Å². The molecule has 2 rings (SSSR count). The number of aromatic nitrogens is 1. The standard InChI is InChI=1S/C12H16N2O2/c1-2-14(11-3-4-11)12(16)8-13-6-5-10(7-13)9-15/h5-7,9,11H,2-4,8H2,1H3. The molecule has 1 heterocycles. The van der Waals surface area contributed by atoms with Gasteiger partial charge in [-0.15, -0.1) is 0 Å². The minimum Gasteiger partial charge on any atom is -0.344 e. The lowest BCUT2D eigenvalue weighted by Gasteiger charge is -2.20. The monoisotopic (exact) mass is 220 g/mol. The number of hydrogen-bond donors (Lipinski definition) is 0. The summed E-state index contributed by atoms with van der Waals surface area (Å²) in [4.78, 5) is 24.4. The van der Waals surface area contributed by atoms with Gasteiger partial charge in [-0.05, 0) is 25.8 Å². The van der Waals surface area contributed by atoms with Gasteiger partial charge in [-0.1, -0.05) is 0 Å². The van der Waals surface area contributed by atoms with E-state index in [2.05, 4.69) is 0 Å². The van der Waals surface area contributed by atoms with E-state index in [0.29, 0.717) is 18.2 Å². The summed E-state index contributed by atoms with van der Waals surface area (Å²) in [6.07, 6.45) is 6.52. The molecule has 0 aliphatic heterocycles. The van der Waals surface area contributed by atoms with Gasteiger partial charge in [0.1, 0.15) is 6.54 Å². The van der Waals surface area contributed by atoms with Gasteiger partial charge < -0.3 is 9.47 Å². The highest BCUT2D eigenvalue weighted by molar-refractivity contribution is 5.78. The van der Waals surface area contributed by atoms with E-state index < -0.39 is 0 Å². The molecule has 0 aromatic carbocycles. The van der Waals surface area contributed by atoms with Crippen molar-refractivity contribution in [3.63, 3.8) is 0 Å². The van der Waals surface area contributed by atoms with E-state index in [1.165, 1.54) is 0 Å². The molecule has 0 bridgehead atoms. The number of nitrogens with zero attached hydrogens (tertiary/aromatic N) is 2. The first-order chi connectivity index (χ1) is 7.74. The molecule has 0 radical (unpaired) electrons. The third kappa shape index (κ3) is 2.32. The van der Waals surface area contributed by atoms with Crippen molar-refractivity contribution in [1.29, 1.82) is 0 Å². The quantitative estimate of drug-likeness (QED) is 0.702. The average molecular weight is 220 g/mol. The number of hydrogen-bond acceptors (Lipinski definition) is 2. The maximum absolute atomic E-state index is 11.9. The van der Waals surface area contributed by atoms with E-state index in [9.17, 15) is 9.59 Å². The number of amides is 1. The van der Waals surface area contributed by atoms with Crippen LogP contribution in [0, 0.1) is 0 Å². The SMILES string of the molecule is CCN(C(=O)Cn1ccc(C=O)c1)C1CC1. The van der Waals surface area contributed by atoms with Gasteiger partial charge in [0, 0.05) is 30.5 Å². The average Bonchev–Trinajstić information content (AvgIpc) is 2.99. The zero-order valence-electron chi connectivity index (χ0n) is 9.43. The summed E-state index contributed by atoms with van der Waals surface area (Å²) in [6, 6.07) is 2.17. The Hall–Kier alpha value is -1.58. The maximum atomic E-state index is 11.9. The number of aldehydes is 1. The van der Waals surface area contributed by atoms with Crippen LogP contribution in [0.2, 0.25) is 0 Å². The topological polar surface area (TPSA) is 42.3 Å². The summed E-state index contributed by atoms with van der Waals surface area (Å²) in [6.45, 7) is 3.10. The molecule has 1 amide bonds. The number of likely N-dealkylation sites (N-methyl/N-ethyl adjacent to an activating group) is 1. The van der Waals surface area contributed by atoms with Crippen LogP contribution in [0.3, 0.4) is 0 Å². The van der Waals surface area contributed by atoms with Gasteiger partial charge in [0.25, 0.3) is 0 Å². The molecule has 0 saturated heterocycles. The third-order valence-electron chi connectivity index (χ3n) is 2.88. The van der Waals surface area contributed by atoms with Gasteiger partial charge in [-0.3, -0.25) is 9.59 Å². The van der Waals surface area contributed by atoms with Gasteiger partial charge in [0.2, 0.25) is 5.91 Å². The summed E-state index contributed by atoms with van der Waals surface area (Å²) < 4.78 is 1.76. The van der Waals surface area contributed by atoms with Crippen molar-refractivity contribution in [3.8, 4) is 0 Å².